The van der Waals surface area contributed by atoms with Gasteiger partial charge in [-0.3, -0.25) is 0 Å². The first-order valence-corrected chi connectivity index (χ1v) is 21.0. The predicted molar refractivity (Wildman–Crippen MR) is 254 cm³/mol. The van der Waals surface area contributed by atoms with E-state index in [4.69, 9.17) is 0 Å². The number of benzene rings is 9. The Morgan fingerprint density at radius 1 is 0.443 bits per heavy atom. The summed E-state index contributed by atoms with van der Waals surface area (Å²) < 4.78 is 16.5. The fourth-order valence-corrected chi connectivity index (χ4v) is 9.79. The summed E-state index contributed by atoms with van der Waals surface area (Å²) >= 11 is 0. The number of anilines is 3. The van der Waals surface area contributed by atoms with Crippen LogP contribution >= 0.6 is 0 Å². The smallest absolute Gasteiger partial charge is 0.123 e. The molecule has 10 aromatic rings. The lowest BCUT2D eigenvalue weighted by Gasteiger charge is -2.28. The largest absolute Gasteiger partial charge is 0.343 e. The van der Waals surface area contributed by atoms with Crippen molar-refractivity contribution in [3.8, 4) is 55.8 Å². The summed E-state index contributed by atoms with van der Waals surface area (Å²) in [5, 5.41) is 3.49. The molecule has 0 aliphatic heterocycles. The predicted octanol–water partition coefficient (Wildman–Crippen LogP) is 15.9. The lowest BCUT2D eigenvalue weighted by atomic mass is 9.82. The summed E-state index contributed by atoms with van der Waals surface area (Å²) in [5.41, 5.74) is 18.7. The lowest BCUT2D eigenvalue weighted by molar-refractivity contribution is 0.628. The maximum atomic E-state index is 14.2. The zero-order valence-corrected chi connectivity index (χ0v) is 34.4. The van der Waals surface area contributed by atoms with Crippen LogP contribution in [0.15, 0.2) is 206 Å². The SMILES string of the molecule is Cn1c(-c2ccccc2)c(-c2ccc(F)cc2)c2c3ccc(-c4ccc(N(c5ccc(-c6ccccc6)cc5)c5ccc6c(c5)C(C)(C)c5ccccc5-6)cc4)cc3ccc21. The average molecular weight is 787 g/mol. The van der Waals surface area contributed by atoms with Crippen molar-refractivity contribution in [2.45, 2.75) is 19.3 Å². The minimum absolute atomic E-state index is 0.112. The van der Waals surface area contributed by atoms with Crippen molar-refractivity contribution in [2.24, 2.45) is 7.05 Å². The first-order chi connectivity index (χ1) is 29.8. The van der Waals surface area contributed by atoms with Gasteiger partial charge in [-0.1, -0.05) is 159 Å². The number of rotatable bonds is 7. The Balaban J connectivity index is 1.01. The molecule has 0 fully saturated rings. The van der Waals surface area contributed by atoms with E-state index < -0.39 is 0 Å². The van der Waals surface area contributed by atoms with Crippen molar-refractivity contribution in [3.63, 3.8) is 0 Å². The first kappa shape index (κ1) is 36.6. The standard InChI is InChI=1S/C58H43FN2/c1-58(2)52-17-11-10-16-50(52)51-34-32-48(37-53(51)58)61(46-28-20-39(21-29-46)38-12-6-4-7-13-38)47-30-22-40(23-31-47)43-24-33-49-44(36-43)25-35-54-56(49)55(41-18-26-45(59)27-19-41)57(60(54)3)42-14-8-5-9-15-42/h4-37H,1-3H3. The van der Waals surface area contributed by atoms with Crippen LogP contribution in [0.2, 0.25) is 0 Å². The van der Waals surface area contributed by atoms with Crippen molar-refractivity contribution in [1.82, 2.24) is 4.57 Å². The van der Waals surface area contributed by atoms with Crippen LogP contribution in [0.25, 0.3) is 77.4 Å². The highest BCUT2D eigenvalue weighted by molar-refractivity contribution is 6.18. The fourth-order valence-electron chi connectivity index (χ4n) is 9.79. The first-order valence-electron chi connectivity index (χ1n) is 21.0. The van der Waals surface area contributed by atoms with Crippen LogP contribution in [0, 0.1) is 5.82 Å². The maximum absolute atomic E-state index is 14.2. The molecule has 2 nitrogen and oxygen atoms in total. The molecule has 61 heavy (non-hydrogen) atoms. The summed E-state index contributed by atoms with van der Waals surface area (Å²) in [6.45, 7) is 4.68. The number of aryl methyl sites for hydroxylation is 1. The number of hydrogen-bond donors (Lipinski definition) is 0. The Bertz CT molecular complexity index is 3250. The summed E-state index contributed by atoms with van der Waals surface area (Å²) in [4.78, 5) is 2.38. The minimum Gasteiger partial charge on any atom is -0.343 e. The second-order valence-corrected chi connectivity index (χ2v) is 16.7. The highest BCUT2D eigenvalue weighted by Crippen LogP contribution is 2.51. The molecular formula is C58H43FN2. The molecule has 0 amide bonds. The van der Waals surface area contributed by atoms with Crippen LogP contribution in [0.4, 0.5) is 21.5 Å². The number of halogens is 1. The van der Waals surface area contributed by atoms with Crippen LogP contribution in [0.3, 0.4) is 0 Å². The molecule has 1 aliphatic carbocycles. The van der Waals surface area contributed by atoms with Crippen LogP contribution in [-0.2, 0) is 12.5 Å². The van der Waals surface area contributed by atoms with Gasteiger partial charge in [0.05, 0.1) is 5.69 Å². The van der Waals surface area contributed by atoms with Gasteiger partial charge in [0.15, 0.2) is 0 Å². The van der Waals surface area contributed by atoms with Gasteiger partial charge in [-0.05, 0) is 127 Å². The monoisotopic (exact) mass is 786 g/mol. The molecular weight excluding hydrogens is 744 g/mol. The van der Waals surface area contributed by atoms with Gasteiger partial charge in [0.2, 0.25) is 0 Å². The summed E-state index contributed by atoms with van der Waals surface area (Å²) in [7, 11) is 2.13. The highest BCUT2D eigenvalue weighted by Gasteiger charge is 2.35. The third kappa shape index (κ3) is 6.07. The van der Waals surface area contributed by atoms with E-state index in [1.807, 2.05) is 18.2 Å². The van der Waals surface area contributed by atoms with Crippen LogP contribution < -0.4 is 4.90 Å². The van der Waals surface area contributed by atoms with Crippen molar-refractivity contribution in [3.05, 3.63) is 223 Å². The van der Waals surface area contributed by atoms with E-state index in [9.17, 15) is 4.39 Å². The lowest BCUT2D eigenvalue weighted by Crippen LogP contribution is -2.16. The van der Waals surface area contributed by atoms with Gasteiger partial charge in [0, 0.05) is 46.0 Å². The number of fused-ring (bicyclic) bond motifs is 6. The Morgan fingerprint density at radius 2 is 0.984 bits per heavy atom. The average Bonchev–Trinajstić information content (AvgIpc) is 3.74. The Hall–Kier alpha value is -7.49. The second kappa shape index (κ2) is 14.4. The molecule has 0 saturated carbocycles. The van der Waals surface area contributed by atoms with Gasteiger partial charge in [-0.2, -0.15) is 0 Å². The molecule has 0 saturated heterocycles. The van der Waals surface area contributed by atoms with E-state index in [1.54, 1.807) is 12.1 Å². The minimum atomic E-state index is -0.239. The summed E-state index contributed by atoms with van der Waals surface area (Å²) in [6, 6.07) is 72.9. The molecule has 1 aliphatic rings. The number of aromatic nitrogens is 1. The van der Waals surface area contributed by atoms with Crippen molar-refractivity contribution < 1.29 is 4.39 Å². The van der Waals surface area contributed by atoms with Crippen LogP contribution in [0.1, 0.15) is 25.0 Å². The maximum Gasteiger partial charge on any atom is 0.123 e. The van der Waals surface area contributed by atoms with Crippen LogP contribution in [0.5, 0.6) is 0 Å². The molecule has 0 radical (unpaired) electrons. The summed E-state index contributed by atoms with van der Waals surface area (Å²) in [6.07, 6.45) is 0. The third-order valence-corrected chi connectivity index (χ3v) is 12.9. The highest BCUT2D eigenvalue weighted by atomic mass is 19.1. The molecule has 3 heteroatoms. The van der Waals surface area contributed by atoms with Gasteiger partial charge in [0.25, 0.3) is 0 Å². The molecule has 0 atom stereocenters. The molecule has 0 bridgehead atoms. The summed E-state index contributed by atoms with van der Waals surface area (Å²) in [5.74, 6) is -0.239. The molecule has 11 rings (SSSR count). The third-order valence-electron chi connectivity index (χ3n) is 12.9. The fraction of sp³-hybridized carbons (Fsp3) is 0.0690. The quantitative estimate of drug-likeness (QED) is 0.156. The van der Waals surface area contributed by atoms with Crippen LogP contribution in [-0.4, -0.2) is 4.57 Å². The topological polar surface area (TPSA) is 8.17 Å². The van der Waals surface area contributed by atoms with E-state index in [0.717, 1.165) is 61.5 Å². The molecule has 0 N–H and O–H groups in total. The molecule has 1 heterocycles. The Kier molecular flexibility index (Phi) is 8.61. The van der Waals surface area contributed by atoms with E-state index in [0.29, 0.717) is 0 Å². The van der Waals surface area contributed by atoms with E-state index in [-0.39, 0.29) is 11.2 Å². The zero-order valence-electron chi connectivity index (χ0n) is 34.4. The van der Waals surface area contributed by atoms with Gasteiger partial charge >= 0.3 is 0 Å². The normalized spacial score (nSPS) is 12.7. The van der Waals surface area contributed by atoms with Gasteiger partial charge < -0.3 is 9.47 Å². The molecule has 1 aromatic heterocycles. The van der Waals surface area contributed by atoms with Gasteiger partial charge in [-0.25, -0.2) is 4.39 Å². The Labute approximate surface area is 356 Å². The molecule has 292 valence electrons. The number of hydrogen-bond acceptors (Lipinski definition) is 1. The van der Waals surface area contributed by atoms with Crippen molar-refractivity contribution in [2.75, 3.05) is 4.90 Å². The Morgan fingerprint density at radius 3 is 1.67 bits per heavy atom. The molecule has 0 unspecified atom stereocenters. The van der Waals surface area contributed by atoms with E-state index in [2.05, 4.69) is 206 Å². The molecule has 9 aromatic carbocycles. The molecule has 0 spiro atoms. The van der Waals surface area contributed by atoms with Gasteiger partial charge in [-0.15, -0.1) is 0 Å². The second-order valence-electron chi connectivity index (χ2n) is 16.7. The van der Waals surface area contributed by atoms with Crippen molar-refractivity contribution in [1.29, 1.82) is 0 Å². The van der Waals surface area contributed by atoms with E-state index in [1.165, 1.54) is 44.2 Å². The van der Waals surface area contributed by atoms with Gasteiger partial charge in [0.1, 0.15) is 5.82 Å². The van der Waals surface area contributed by atoms with E-state index >= 15 is 0 Å². The van der Waals surface area contributed by atoms with Crippen molar-refractivity contribution >= 4 is 38.7 Å². The zero-order chi connectivity index (χ0) is 41.2. The number of nitrogens with zero attached hydrogens (tertiary/aromatic N) is 2.